The Bertz CT molecular complexity index is 915. The second-order valence-corrected chi connectivity index (χ2v) is 14.0. The second kappa shape index (κ2) is 13.3. The van der Waals surface area contributed by atoms with Crippen LogP contribution in [0.3, 0.4) is 0 Å². The van der Waals surface area contributed by atoms with Crippen molar-refractivity contribution in [2.75, 3.05) is 26.7 Å². The van der Waals surface area contributed by atoms with E-state index in [1.807, 2.05) is 0 Å². The zero-order valence-corrected chi connectivity index (χ0v) is 25.8. The topological polar surface area (TPSA) is 83.5 Å². The molecule has 2 aliphatic heterocycles. The summed E-state index contributed by atoms with van der Waals surface area (Å²) in [6.07, 6.45) is 11.6. The number of nitrogens with one attached hydrogen (secondary N) is 1. The predicted molar refractivity (Wildman–Crippen MR) is 158 cm³/mol. The molecule has 0 aromatic carbocycles. The molecule has 0 aromatic heterocycles. The molecule has 1 saturated heterocycles. The number of methoxy groups -OCH3 is 1. The van der Waals surface area contributed by atoms with Crippen molar-refractivity contribution in [1.29, 1.82) is 0 Å². The number of carbonyl (C=O) groups excluding carboxylic acids is 2. The van der Waals surface area contributed by atoms with Crippen LogP contribution in [0.1, 0.15) is 91.4 Å². The maximum atomic E-state index is 14.5. The van der Waals surface area contributed by atoms with Gasteiger partial charge in [0.25, 0.3) is 0 Å². The van der Waals surface area contributed by atoms with Crippen molar-refractivity contribution in [3.63, 3.8) is 0 Å². The van der Waals surface area contributed by atoms with Crippen LogP contribution in [-0.2, 0) is 14.3 Å². The van der Waals surface area contributed by atoms with E-state index < -0.39 is 0 Å². The Morgan fingerprint density at radius 1 is 1.02 bits per heavy atom. The molecule has 226 valence electrons. The first-order chi connectivity index (χ1) is 19.2. The summed E-state index contributed by atoms with van der Waals surface area (Å²) >= 11 is 6.58. The molecule has 3 saturated carbocycles. The fraction of sp³-hybridized carbons (Fsp3) is 0.903. The van der Waals surface area contributed by atoms with Crippen LogP contribution in [0.2, 0.25) is 0 Å². The van der Waals surface area contributed by atoms with E-state index in [0.29, 0.717) is 24.9 Å². The lowest BCUT2D eigenvalue weighted by atomic mass is 9.72. The Morgan fingerprint density at radius 2 is 1.73 bits per heavy atom. The molecular formula is C31H51ClN4O4. The predicted octanol–water partition coefficient (Wildman–Crippen LogP) is 5.22. The number of amidine groups is 1. The highest BCUT2D eigenvalue weighted by Crippen LogP contribution is 2.45. The third-order valence-electron chi connectivity index (χ3n) is 10.3. The number of alkyl halides is 1. The van der Waals surface area contributed by atoms with Gasteiger partial charge in [0.2, 0.25) is 5.91 Å². The van der Waals surface area contributed by atoms with Gasteiger partial charge < -0.3 is 19.7 Å². The molecule has 1 N–H and O–H groups in total. The minimum Gasteiger partial charge on any atom is -0.381 e. The van der Waals surface area contributed by atoms with Crippen LogP contribution in [0.5, 0.6) is 0 Å². The first kappa shape index (κ1) is 30.1. The van der Waals surface area contributed by atoms with Crippen molar-refractivity contribution in [3.05, 3.63) is 0 Å². The van der Waals surface area contributed by atoms with E-state index >= 15 is 0 Å². The van der Waals surface area contributed by atoms with Gasteiger partial charge in [0.1, 0.15) is 12.4 Å². The molecule has 0 radical (unpaired) electrons. The Balaban J connectivity index is 1.53. The van der Waals surface area contributed by atoms with Crippen molar-refractivity contribution in [1.82, 2.24) is 15.1 Å². The van der Waals surface area contributed by atoms with Gasteiger partial charge in [-0.25, -0.2) is 4.79 Å². The maximum Gasteiger partial charge on any atom is 0.326 e. The number of nitrogens with zero attached hydrogens (tertiary/aromatic N) is 3. The van der Waals surface area contributed by atoms with Gasteiger partial charge in [-0.1, -0.05) is 19.8 Å². The molecule has 3 unspecified atom stereocenters. The van der Waals surface area contributed by atoms with Crippen LogP contribution < -0.4 is 5.32 Å². The number of ether oxygens (including phenoxy) is 2. The molecule has 40 heavy (non-hydrogen) atoms. The lowest BCUT2D eigenvalue weighted by molar-refractivity contribution is -0.123. The third kappa shape index (κ3) is 6.64. The summed E-state index contributed by atoms with van der Waals surface area (Å²) in [6.45, 7) is 7.66. The Morgan fingerprint density at radius 3 is 2.38 bits per heavy atom. The summed E-state index contributed by atoms with van der Waals surface area (Å²) in [7, 11) is 1.78. The van der Waals surface area contributed by atoms with Crippen molar-refractivity contribution >= 4 is 29.4 Å². The van der Waals surface area contributed by atoms with E-state index in [4.69, 9.17) is 26.1 Å². The van der Waals surface area contributed by atoms with Gasteiger partial charge in [-0.15, -0.1) is 11.6 Å². The number of hydrogen-bond acceptors (Lipinski definition) is 5. The van der Waals surface area contributed by atoms with Gasteiger partial charge in [0.15, 0.2) is 0 Å². The molecule has 5 atom stereocenters. The summed E-state index contributed by atoms with van der Waals surface area (Å²) < 4.78 is 12.3. The van der Waals surface area contributed by atoms with E-state index in [1.165, 1.54) is 25.7 Å². The van der Waals surface area contributed by atoms with Gasteiger partial charge >= 0.3 is 6.03 Å². The Kier molecular flexibility index (Phi) is 9.99. The number of halogens is 1. The largest absolute Gasteiger partial charge is 0.381 e. The summed E-state index contributed by atoms with van der Waals surface area (Å²) in [6, 6.07) is 0.0761. The van der Waals surface area contributed by atoms with Gasteiger partial charge in [0, 0.05) is 37.9 Å². The molecule has 3 amide bonds. The quantitative estimate of drug-likeness (QED) is 0.438. The smallest absolute Gasteiger partial charge is 0.326 e. The minimum atomic E-state index is -0.0871. The lowest BCUT2D eigenvalue weighted by Crippen LogP contribution is -2.60. The Hall–Kier alpha value is -1.38. The van der Waals surface area contributed by atoms with Gasteiger partial charge in [-0.05, 0) is 83.0 Å². The van der Waals surface area contributed by atoms with Crippen molar-refractivity contribution in [2.24, 2.45) is 28.7 Å². The van der Waals surface area contributed by atoms with E-state index in [0.717, 1.165) is 56.7 Å². The van der Waals surface area contributed by atoms with Crippen LogP contribution in [-0.4, -0.2) is 90.1 Å². The summed E-state index contributed by atoms with van der Waals surface area (Å²) in [5.74, 6) is 2.46. The molecule has 3 aliphatic carbocycles. The minimum absolute atomic E-state index is 0.0231. The molecule has 9 heteroatoms. The number of piperazine rings is 1. The number of amides is 3. The average Bonchev–Trinajstić information content (AvgIpc) is 3.33. The van der Waals surface area contributed by atoms with Crippen LogP contribution in [0.15, 0.2) is 4.99 Å². The highest BCUT2D eigenvalue weighted by Gasteiger charge is 2.52. The van der Waals surface area contributed by atoms with Crippen molar-refractivity contribution < 1.29 is 19.1 Å². The zero-order chi connectivity index (χ0) is 28.4. The zero-order valence-electron chi connectivity index (χ0n) is 25.0. The number of urea groups is 1. The van der Waals surface area contributed by atoms with E-state index in [-0.39, 0.29) is 60.2 Å². The number of carbonyl (C=O) groups is 2. The Labute approximate surface area is 245 Å². The third-order valence-corrected chi connectivity index (χ3v) is 10.7. The second-order valence-electron chi connectivity index (χ2n) is 13.4. The lowest BCUT2D eigenvalue weighted by Gasteiger charge is -2.44. The summed E-state index contributed by atoms with van der Waals surface area (Å²) in [5, 5.41) is 3.10. The molecular weight excluding hydrogens is 528 g/mol. The highest BCUT2D eigenvalue weighted by molar-refractivity contribution is 6.20. The highest BCUT2D eigenvalue weighted by atomic mass is 35.5. The first-order valence-electron chi connectivity index (χ1n) is 16.0. The van der Waals surface area contributed by atoms with E-state index in [2.05, 4.69) is 31.0 Å². The van der Waals surface area contributed by atoms with Crippen molar-refractivity contribution in [3.8, 4) is 0 Å². The number of hydrogen-bond donors (Lipinski definition) is 1. The van der Waals surface area contributed by atoms with E-state index in [9.17, 15) is 9.59 Å². The molecule has 2 heterocycles. The number of rotatable bonds is 6. The fourth-order valence-corrected chi connectivity index (χ4v) is 8.33. The van der Waals surface area contributed by atoms with Crippen molar-refractivity contribution in [2.45, 2.75) is 127 Å². The maximum absolute atomic E-state index is 14.5. The van der Waals surface area contributed by atoms with Crippen LogP contribution in [0, 0.1) is 23.7 Å². The number of aliphatic imine (C=N–C) groups is 1. The summed E-state index contributed by atoms with van der Waals surface area (Å²) in [5.41, 5.74) is 0. The van der Waals surface area contributed by atoms with Gasteiger partial charge in [-0.2, -0.15) is 0 Å². The monoisotopic (exact) mass is 578 g/mol. The molecule has 5 aliphatic rings. The molecule has 8 nitrogen and oxygen atoms in total. The normalized spacial score (nSPS) is 39.3. The standard InChI is InChI=1S/C31H51ClN4O4/c1-19(2)40-26-17-24(39-4)13-14-25(26)30-34-28(21-7-5-20(3)6-8-21)29(22-9-11-23(32)12-10-22)36(30)31(38)35-16-15-33-27(37)18-35/h19-26,28-29H,5-18H2,1-4H3,(H,33,37)/t20?,21?,22?,23?,24?,25?,26?,28-,29+/m1/s1. The average molecular weight is 579 g/mol. The SMILES string of the molecule is COC1CCC(C2=N[C@H](C3CCC(C)CC3)[C@H](C3CCC(Cl)CC3)N2C(=O)N2CCNC(=O)C2)C(OC(C)C)C1. The van der Waals surface area contributed by atoms with E-state index in [1.54, 1.807) is 12.0 Å². The van der Waals surface area contributed by atoms with Crippen LogP contribution in [0.4, 0.5) is 4.79 Å². The molecule has 0 spiro atoms. The molecule has 0 bridgehead atoms. The first-order valence-corrected chi connectivity index (χ1v) is 16.4. The van der Waals surface area contributed by atoms with Crippen LogP contribution in [0.25, 0.3) is 0 Å². The summed E-state index contributed by atoms with van der Waals surface area (Å²) in [4.78, 5) is 36.4. The molecule has 4 fully saturated rings. The fourth-order valence-electron chi connectivity index (χ4n) is 8.07. The molecule has 5 rings (SSSR count). The molecule has 0 aromatic rings. The van der Waals surface area contributed by atoms with Crippen LogP contribution >= 0.6 is 11.6 Å². The van der Waals surface area contributed by atoms with Gasteiger partial charge in [0.05, 0.1) is 30.4 Å². The van der Waals surface area contributed by atoms with Gasteiger partial charge in [-0.3, -0.25) is 14.7 Å².